The van der Waals surface area contributed by atoms with Gasteiger partial charge in [0.1, 0.15) is 18.3 Å². The van der Waals surface area contributed by atoms with Gasteiger partial charge in [0.15, 0.2) is 0 Å². The average Bonchev–Trinajstić information content (AvgIpc) is 2.95. The molecule has 2 amide bonds. The minimum atomic E-state index is -4.12. The number of nitrogens with zero attached hydrogens (tertiary/aromatic N) is 2. The van der Waals surface area contributed by atoms with Crippen LogP contribution in [0.15, 0.2) is 83.8 Å². The molecular formula is C29H34ClN3O5S. The van der Waals surface area contributed by atoms with Crippen LogP contribution in [0.4, 0.5) is 5.69 Å². The van der Waals surface area contributed by atoms with Gasteiger partial charge >= 0.3 is 0 Å². The molecule has 0 aliphatic carbocycles. The van der Waals surface area contributed by atoms with Gasteiger partial charge in [0.05, 0.1) is 17.2 Å². The van der Waals surface area contributed by atoms with E-state index >= 15 is 0 Å². The van der Waals surface area contributed by atoms with Crippen molar-refractivity contribution in [2.45, 2.75) is 44.7 Å². The van der Waals surface area contributed by atoms with E-state index in [4.69, 9.17) is 16.3 Å². The van der Waals surface area contributed by atoms with Gasteiger partial charge in [-0.1, -0.05) is 48.9 Å². The molecule has 0 saturated heterocycles. The van der Waals surface area contributed by atoms with Gasteiger partial charge in [-0.3, -0.25) is 13.9 Å². The lowest BCUT2D eigenvalue weighted by Crippen LogP contribution is -2.51. The number of amides is 2. The molecule has 0 heterocycles. The molecule has 0 fully saturated rings. The van der Waals surface area contributed by atoms with Crippen LogP contribution in [0.1, 0.15) is 32.8 Å². The summed E-state index contributed by atoms with van der Waals surface area (Å²) in [7, 11) is -4.12. The Morgan fingerprint density at radius 2 is 1.59 bits per heavy atom. The van der Waals surface area contributed by atoms with Gasteiger partial charge in [-0.2, -0.15) is 0 Å². The van der Waals surface area contributed by atoms with Crippen LogP contribution in [0, 0.1) is 0 Å². The van der Waals surface area contributed by atoms with Gasteiger partial charge in [-0.05, 0) is 74.4 Å². The quantitative estimate of drug-likeness (QED) is 0.315. The van der Waals surface area contributed by atoms with E-state index in [9.17, 15) is 18.0 Å². The van der Waals surface area contributed by atoms with E-state index in [1.165, 1.54) is 17.0 Å². The maximum atomic E-state index is 13.9. The number of ether oxygens (including phenoxy) is 1. The first kappa shape index (κ1) is 30.0. The second kappa shape index (κ2) is 14.0. The summed E-state index contributed by atoms with van der Waals surface area (Å²) in [6.45, 7) is 5.93. The number of benzene rings is 3. The molecule has 8 nitrogen and oxygen atoms in total. The fourth-order valence-corrected chi connectivity index (χ4v) is 5.45. The normalized spacial score (nSPS) is 11.9. The number of anilines is 1. The third kappa shape index (κ3) is 7.97. The molecule has 0 spiro atoms. The molecule has 0 bridgehead atoms. The molecule has 10 heteroatoms. The lowest BCUT2D eigenvalue weighted by molar-refractivity contribution is -0.139. The van der Waals surface area contributed by atoms with Gasteiger partial charge in [0, 0.05) is 18.1 Å². The summed E-state index contributed by atoms with van der Waals surface area (Å²) in [5.74, 6) is -0.273. The summed E-state index contributed by atoms with van der Waals surface area (Å²) in [6, 6.07) is 20.5. The first-order valence-electron chi connectivity index (χ1n) is 12.8. The molecule has 0 aliphatic heterocycles. The van der Waals surface area contributed by atoms with Crippen molar-refractivity contribution in [3.63, 3.8) is 0 Å². The topological polar surface area (TPSA) is 96.0 Å². The molecular weight excluding hydrogens is 538 g/mol. The minimum Gasteiger partial charge on any atom is -0.494 e. The Kier molecular flexibility index (Phi) is 10.8. The number of nitrogens with one attached hydrogen (secondary N) is 1. The summed E-state index contributed by atoms with van der Waals surface area (Å²) >= 11 is 6.03. The number of halogens is 1. The van der Waals surface area contributed by atoms with Crippen LogP contribution in [0.2, 0.25) is 5.02 Å². The first-order valence-corrected chi connectivity index (χ1v) is 14.6. The van der Waals surface area contributed by atoms with Crippen molar-refractivity contribution in [3.05, 3.63) is 89.4 Å². The monoisotopic (exact) mass is 571 g/mol. The van der Waals surface area contributed by atoms with E-state index in [-0.39, 0.29) is 17.3 Å². The zero-order valence-corrected chi connectivity index (χ0v) is 23.9. The zero-order chi connectivity index (χ0) is 28.4. The second-order valence-electron chi connectivity index (χ2n) is 8.87. The van der Waals surface area contributed by atoms with Crippen LogP contribution < -0.4 is 14.4 Å². The average molecular weight is 572 g/mol. The molecule has 1 unspecified atom stereocenters. The number of hydrogen-bond donors (Lipinski definition) is 1. The van der Waals surface area contributed by atoms with Crippen LogP contribution >= 0.6 is 11.6 Å². The Labute approximate surface area is 235 Å². The molecule has 0 saturated carbocycles. The Hall–Kier alpha value is -3.56. The standard InChI is InChI=1S/C29H34ClN3O5S/c1-4-19-31-29(35)22(3)32(20-23-11-13-24(30)14-12-23)28(34)21-33(25-15-17-26(18-16-25)38-5-2)39(36,37)27-9-7-6-8-10-27/h6-18,22H,4-5,19-21H2,1-3H3,(H,31,35). The molecule has 3 aromatic carbocycles. The van der Waals surface area contributed by atoms with Crippen molar-refractivity contribution >= 4 is 39.1 Å². The highest BCUT2D eigenvalue weighted by Gasteiger charge is 2.32. The largest absolute Gasteiger partial charge is 0.494 e. The predicted octanol–water partition coefficient (Wildman–Crippen LogP) is 4.88. The summed E-state index contributed by atoms with van der Waals surface area (Å²) in [5, 5.41) is 3.36. The Morgan fingerprint density at radius 3 is 2.18 bits per heavy atom. The maximum absolute atomic E-state index is 13.9. The van der Waals surface area contributed by atoms with Crippen molar-refractivity contribution in [3.8, 4) is 5.75 Å². The van der Waals surface area contributed by atoms with E-state index < -0.39 is 28.5 Å². The van der Waals surface area contributed by atoms with Gasteiger partial charge in [0.25, 0.3) is 10.0 Å². The smallest absolute Gasteiger partial charge is 0.264 e. The fourth-order valence-electron chi connectivity index (χ4n) is 3.89. The molecule has 1 atom stereocenters. The molecule has 208 valence electrons. The van der Waals surface area contributed by atoms with Gasteiger partial charge in [-0.25, -0.2) is 8.42 Å². The number of hydrogen-bond acceptors (Lipinski definition) is 5. The molecule has 3 rings (SSSR count). The second-order valence-corrected chi connectivity index (χ2v) is 11.2. The molecule has 0 aliphatic rings. The van der Waals surface area contributed by atoms with Crippen molar-refractivity contribution < 1.29 is 22.7 Å². The van der Waals surface area contributed by atoms with E-state index in [0.29, 0.717) is 29.6 Å². The summed E-state index contributed by atoms with van der Waals surface area (Å²) in [5.41, 5.74) is 1.05. The Balaban J connectivity index is 2.00. The first-order chi connectivity index (χ1) is 18.7. The summed E-state index contributed by atoms with van der Waals surface area (Å²) in [6.07, 6.45) is 0.741. The molecule has 1 N–H and O–H groups in total. The van der Waals surface area contributed by atoms with Crippen molar-refractivity contribution in [1.29, 1.82) is 0 Å². The SMILES string of the molecule is CCCNC(=O)C(C)N(Cc1ccc(Cl)cc1)C(=O)CN(c1ccc(OCC)cc1)S(=O)(=O)c1ccccc1. The lowest BCUT2D eigenvalue weighted by atomic mass is 10.1. The number of rotatable bonds is 13. The summed E-state index contributed by atoms with van der Waals surface area (Å²) in [4.78, 5) is 28.2. The van der Waals surface area contributed by atoms with E-state index in [2.05, 4.69) is 5.32 Å². The third-order valence-corrected chi connectivity index (χ3v) is 8.07. The van der Waals surface area contributed by atoms with E-state index in [0.717, 1.165) is 16.3 Å². The van der Waals surface area contributed by atoms with Crippen LogP contribution in [0.25, 0.3) is 0 Å². The highest BCUT2D eigenvalue weighted by atomic mass is 35.5. The van der Waals surface area contributed by atoms with E-state index in [1.807, 2.05) is 13.8 Å². The minimum absolute atomic E-state index is 0.0460. The Morgan fingerprint density at radius 1 is 0.949 bits per heavy atom. The van der Waals surface area contributed by atoms with Crippen molar-refractivity contribution in [2.75, 3.05) is 24.0 Å². The molecule has 39 heavy (non-hydrogen) atoms. The molecule has 0 radical (unpaired) electrons. The fraction of sp³-hybridized carbons (Fsp3) is 0.310. The number of sulfonamides is 1. The highest BCUT2D eigenvalue weighted by molar-refractivity contribution is 7.92. The van der Waals surface area contributed by atoms with Crippen LogP contribution in [-0.2, 0) is 26.2 Å². The number of carbonyl (C=O) groups is 2. The molecule has 0 aromatic heterocycles. The maximum Gasteiger partial charge on any atom is 0.264 e. The summed E-state index contributed by atoms with van der Waals surface area (Å²) < 4.78 is 34.1. The van der Waals surface area contributed by atoms with Crippen molar-refractivity contribution in [2.24, 2.45) is 0 Å². The lowest BCUT2D eigenvalue weighted by Gasteiger charge is -2.32. The Bertz CT molecular complexity index is 1330. The zero-order valence-electron chi connectivity index (χ0n) is 22.3. The van der Waals surface area contributed by atoms with Gasteiger partial charge in [-0.15, -0.1) is 0 Å². The van der Waals surface area contributed by atoms with Gasteiger partial charge in [0.2, 0.25) is 11.8 Å². The predicted molar refractivity (Wildman–Crippen MR) is 153 cm³/mol. The van der Waals surface area contributed by atoms with Crippen molar-refractivity contribution in [1.82, 2.24) is 10.2 Å². The van der Waals surface area contributed by atoms with E-state index in [1.54, 1.807) is 73.7 Å². The molecule has 3 aromatic rings. The van der Waals surface area contributed by atoms with Gasteiger partial charge < -0.3 is 15.0 Å². The third-order valence-electron chi connectivity index (χ3n) is 6.03. The highest BCUT2D eigenvalue weighted by Crippen LogP contribution is 2.26. The number of carbonyl (C=O) groups excluding carboxylic acids is 2. The van der Waals surface area contributed by atoms with Crippen LogP contribution in [0.3, 0.4) is 0 Å². The van der Waals surface area contributed by atoms with Crippen LogP contribution in [-0.4, -0.2) is 50.9 Å². The van der Waals surface area contributed by atoms with Crippen LogP contribution in [0.5, 0.6) is 5.75 Å².